The Kier molecular flexibility index (Phi) is 6.30. The van der Waals surface area contributed by atoms with Crippen molar-refractivity contribution >= 4 is 35.1 Å². The molecule has 0 radical (unpaired) electrons. The average molecular weight is 492 g/mol. The van der Waals surface area contributed by atoms with Crippen molar-refractivity contribution in [2.75, 3.05) is 18.0 Å². The normalized spacial score (nSPS) is 16.3. The van der Waals surface area contributed by atoms with Crippen LogP contribution in [-0.2, 0) is 22.7 Å². The number of anilines is 1. The van der Waals surface area contributed by atoms with E-state index in [1.54, 1.807) is 21.9 Å². The lowest BCUT2D eigenvalue weighted by molar-refractivity contribution is -0.123. The molecule has 0 bridgehead atoms. The molecule has 0 unspecified atom stereocenters. The molecule has 3 amide bonds. The van der Waals surface area contributed by atoms with Crippen LogP contribution in [0, 0.1) is 5.92 Å². The van der Waals surface area contributed by atoms with Gasteiger partial charge in [0.25, 0.3) is 5.91 Å². The van der Waals surface area contributed by atoms with Gasteiger partial charge in [-0.15, -0.1) is 0 Å². The van der Waals surface area contributed by atoms with Gasteiger partial charge < -0.3 is 10.6 Å². The maximum atomic E-state index is 12.9. The van der Waals surface area contributed by atoms with Gasteiger partial charge in [-0.3, -0.25) is 19.3 Å². The Balaban J connectivity index is 1.29. The molecule has 3 aromatic rings. The van der Waals surface area contributed by atoms with Crippen LogP contribution in [-0.4, -0.2) is 45.5 Å². The number of nitrogens with two attached hydrogens (primary N) is 1. The number of fused-ring (bicyclic) bond motifs is 1. The van der Waals surface area contributed by atoms with E-state index < -0.39 is 0 Å². The number of rotatable bonds is 5. The van der Waals surface area contributed by atoms with Crippen molar-refractivity contribution in [2.45, 2.75) is 32.4 Å². The summed E-state index contributed by atoms with van der Waals surface area (Å²) in [5.41, 5.74) is 8.62. The Hall–Kier alpha value is -3.65. The van der Waals surface area contributed by atoms with E-state index in [9.17, 15) is 14.4 Å². The molecule has 0 spiro atoms. The van der Waals surface area contributed by atoms with Crippen LogP contribution in [0.25, 0.3) is 11.3 Å². The fourth-order valence-corrected chi connectivity index (χ4v) is 4.79. The van der Waals surface area contributed by atoms with Crippen molar-refractivity contribution in [3.8, 4) is 11.3 Å². The summed E-state index contributed by atoms with van der Waals surface area (Å²) < 4.78 is 1.86. The van der Waals surface area contributed by atoms with Gasteiger partial charge in [0.1, 0.15) is 5.82 Å². The van der Waals surface area contributed by atoms with Crippen LogP contribution in [0.4, 0.5) is 5.82 Å². The van der Waals surface area contributed by atoms with Gasteiger partial charge in [-0.25, -0.2) is 4.68 Å². The van der Waals surface area contributed by atoms with Gasteiger partial charge in [0.05, 0.1) is 18.8 Å². The highest BCUT2D eigenvalue weighted by Crippen LogP contribution is 2.30. The summed E-state index contributed by atoms with van der Waals surface area (Å²) in [6.07, 6.45) is 1.58. The van der Waals surface area contributed by atoms with E-state index in [2.05, 4.69) is 5.10 Å². The number of aryl methyl sites for hydroxylation is 1. The molecular weight excluding hydrogens is 466 g/mol. The Morgan fingerprint density at radius 1 is 1.00 bits per heavy atom. The minimum atomic E-state index is -0.296. The third-order valence-electron chi connectivity index (χ3n) is 6.74. The predicted octanol–water partition coefficient (Wildman–Crippen LogP) is 3.48. The number of carbonyl (C=O) groups excluding carboxylic acids is 3. The summed E-state index contributed by atoms with van der Waals surface area (Å²) in [5, 5.41) is 5.34. The van der Waals surface area contributed by atoms with E-state index in [1.165, 1.54) is 0 Å². The Labute approximate surface area is 208 Å². The van der Waals surface area contributed by atoms with E-state index in [-0.39, 0.29) is 23.6 Å². The molecule has 0 atom stereocenters. The number of benzene rings is 2. The summed E-state index contributed by atoms with van der Waals surface area (Å²) in [6.45, 7) is 1.98. The van der Waals surface area contributed by atoms with E-state index in [4.69, 9.17) is 17.3 Å². The second kappa shape index (κ2) is 9.54. The van der Waals surface area contributed by atoms with Crippen molar-refractivity contribution in [1.82, 2.24) is 14.7 Å². The lowest BCUT2D eigenvalue weighted by Gasteiger charge is -2.30. The molecule has 2 aliphatic heterocycles. The van der Waals surface area contributed by atoms with Gasteiger partial charge in [0.2, 0.25) is 11.8 Å². The van der Waals surface area contributed by atoms with Gasteiger partial charge in [0.15, 0.2) is 0 Å². The SMILES string of the molecule is NC(=O)C1CCN(C(=O)c2ccc(CN3C(=O)CCn4nc(-c5ccc(Cl)cc5)cc43)cc2)CC1. The lowest BCUT2D eigenvalue weighted by Crippen LogP contribution is -2.41. The number of aromatic nitrogens is 2. The lowest BCUT2D eigenvalue weighted by atomic mass is 9.96. The zero-order valence-electron chi connectivity index (χ0n) is 19.2. The standard InChI is InChI=1S/C26H26ClN5O3/c27-21-7-5-18(6-8-21)22-15-23-31(24(33)11-14-32(23)29-22)16-17-1-3-20(4-2-17)26(35)30-12-9-19(10-13-30)25(28)34/h1-8,15,19H,9-14,16H2,(H2,28,34). The van der Waals surface area contributed by atoms with E-state index in [1.807, 2.05) is 47.1 Å². The number of likely N-dealkylation sites (tertiary alicyclic amines) is 1. The van der Waals surface area contributed by atoms with Crippen molar-refractivity contribution in [3.05, 3.63) is 70.7 Å². The second-order valence-electron chi connectivity index (χ2n) is 9.01. The minimum absolute atomic E-state index is 0.0394. The Bertz CT molecular complexity index is 1260. The third-order valence-corrected chi connectivity index (χ3v) is 6.99. The summed E-state index contributed by atoms with van der Waals surface area (Å²) in [4.78, 5) is 40.5. The molecule has 0 saturated carbocycles. The molecule has 8 nitrogen and oxygen atoms in total. The average Bonchev–Trinajstić information content (AvgIpc) is 3.31. The highest BCUT2D eigenvalue weighted by Gasteiger charge is 2.28. The molecule has 5 rings (SSSR count). The first-order chi connectivity index (χ1) is 16.9. The van der Waals surface area contributed by atoms with Crippen LogP contribution in [0.1, 0.15) is 35.2 Å². The zero-order chi connectivity index (χ0) is 24.5. The molecule has 2 N–H and O–H groups in total. The summed E-state index contributed by atoms with van der Waals surface area (Å²) >= 11 is 6.01. The number of hydrogen-bond acceptors (Lipinski definition) is 4. The third kappa shape index (κ3) is 4.79. The molecule has 1 aromatic heterocycles. The number of halogens is 1. The molecule has 35 heavy (non-hydrogen) atoms. The minimum Gasteiger partial charge on any atom is -0.369 e. The number of amides is 3. The fraction of sp³-hybridized carbons (Fsp3) is 0.308. The molecule has 0 aliphatic carbocycles. The predicted molar refractivity (Wildman–Crippen MR) is 133 cm³/mol. The fourth-order valence-electron chi connectivity index (χ4n) is 4.67. The molecule has 3 heterocycles. The summed E-state index contributed by atoms with van der Waals surface area (Å²) in [5.74, 6) is 0.285. The van der Waals surface area contributed by atoms with Crippen LogP contribution in [0.2, 0.25) is 5.02 Å². The van der Waals surface area contributed by atoms with Gasteiger partial charge in [-0.1, -0.05) is 35.9 Å². The second-order valence-corrected chi connectivity index (χ2v) is 9.45. The van der Waals surface area contributed by atoms with E-state index >= 15 is 0 Å². The first-order valence-corrected chi connectivity index (χ1v) is 12.1. The van der Waals surface area contributed by atoms with Crippen molar-refractivity contribution in [1.29, 1.82) is 0 Å². The largest absolute Gasteiger partial charge is 0.369 e. The van der Waals surface area contributed by atoms with Gasteiger partial charge >= 0.3 is 0 Å². The number of piperidine rings is 1. The summed E-state index contributed by atoms with van der Waals surface area (Å²) in [6, 6.07) is 16.7. The van der Waals surface area contributed by atoms with E-state index in [0.29, 0.717) is 56.0 Å². The van der Waals surface area contributed by atoms with Gasteiger partial charge in [-0.05, 0) is 42.7 Å². The molecule has 1 fully saturated rings. The zero-order valence-corrected chi connectivity index (χ0v) is 19.9. The quantitative estimate of drug-likeness (QED) is 0.590. The molecule has 2 aromatic carbocycles. The van der Waals surface area contributed by atoms with Crippen molar-refractivity contribution in [3.63, 3.8) is 0 Å². The summed E-state index contributed by atoms with van der Waals surface area (Å²) in [7, 11) is 0. The highest BCUT2D eigenvalue weighted by atomic mass is 35.5. The topological polar surface area (TPSA) is 102 Å². The van der Waals surface area contributed by atoms with Crippen LogP contribution >= 0.6 is 11.6 Å². The molecule has 2 aliphatic rings. The van der Waals surface area contributed by atoms with Crippen molar-refractivity contribution in [2.24, 2.45) is 11.7 Å². The number of carbonyl (C=O) groups is 3. The van der Waals surface area contributed by atoms with E-state index in [0.717, 1.165) is 22.6 Å². The molecule has 9 heteroatoms. The number of hydrogen-bond donors (Lipinski definition) is 1. The van der Waals surface area contributed by atoms with Gasteiger partial charge in [0, 0.05) is 47.6 Å². The number of nitrogens with zero attached hydrogens (tertiary/aromatic N) is 4. The molecular formula is C26H26ClN5O3. The van der Waals surface area contributed by atoms with Crippen LogP contribution in [0.3, 0.4) is 0 Å². The Morgan fingerprint density at radius 2 is 1.69 bits per heavy atom. The number of primary amides is 1. The maximum Gasteiger partial charge on any atom is 0.253 e. The first kappa shape index (κ1) is 23.1. The highest BCUT2D eigenvalue weighted by molar-refractivity contribution is 6.30. The monoisotopic (exact) mass is 491 g/mol. The van der Waals surface area contributed by atoms with Crippen molar-refractivity contribution < 1.29 is 14.4 Å². The van der Waals surface area contributed by atoms with Gasteiger partial charge in [-0.2, -0.15) is 5.10 Å². The maximum absolute atomic E-state index is 12.9. The molecule has 180 valence electrons. The van der Waals surface area contributed by atoms with Crippen LogP contribution in [0.15, 0.2) is 54.6 Å². The van der Waals surface area contributed by atoms with Crippen LogP contribution < -0.4 is 10.6 Å². The smallest absolute Gasteiger partial charge is 0.253 e. The Morgan fingerprint density at radius 3 is 2.34 bits per heavy atom. The molecule has 1 saturated heterocycles. The van der Waals surface area contributed by atoms with Crippen LogP contribution in [0.5, 0.6) is 0 Å². The first-order valence-electron chi connectivity index (χ1n) is 11.7.